The Balaban J connectivity index is 1.56. The van der Waals surface area contributed by atoms with Crippen molar-refractivity contribution in [2.24, 2.45) is 0 Å². The number of hydrogen-bond acceptors (Lipinski definition) is 7. The minimum absolute atomic E-state index is 0.235. The van der Waals surface area contributed by atoms with Crippen molar-refractivity contribution in [1.29, 1.82) is 0 Å². The largest absolute Gasteiger partial charge is 0.466 e. The Morgan fingerprint density at radius 2 is 1.82 bits per heavy atom. The fourth-order valence-electron chi connectivity index (χ4n) is 6.65. The Kier molecular flexibility index (Phi) is 11.2. The molecule has 0 aliphatic carbocycles. The van der Waals surface area contributed by atoms with Crippen LogP contribution < -0.4 is 11.1 Å². The molecule has 4 rings (SSSR count). The Morgan fingerprint density at radius 3 is 2.44 bits per heavy atom. The van der Waals surface area contributed by atoms with Gasteiger partial charge in [0.25, 0.3) is 0 Å². The highest BCUT2D eigenvalue weighted by atomic mass is 16.6. The Bertz CT molecular complexity index is 1520. The molecular formula is C38H47N3O4. The Morgan fingerprint density at radius 1 is 1.11 bits per heavy atom. The summed E-state index contributed by atoms with van der Waals surface area (Å²) in [5.74, 6) is -1.37. The van der Waals surface area contributed by atoms with Crippen LogP contribution in [0.15, 0.2) is 114 Å². The number of anilines is 1. The summed E-state index contributed by atoms with van der Waals surface area (Å²) in [6.07, 6.45) is 10.4. The average molecular weight is 610 g/mol. The van der Waals surface area contributed by atoms with Gasteiger partial charge < -0.3 is 20.5 Å². The second-order valence-electron chi connectivity index (χ2n) is 11.9. The Hall–Kier alpha value is -4.36. The van der Waals surface area contributed by atoms with Crippen molar-refractivity contribution in [2.45, 2.75) is 64.4 Å². The number of allylic oxidation sites excluding steroid dienone is 7. The van der Waals surface area contributed by atoms with E-state index in [0.29, 0.717) is 41.2 Å². The van der Waals surface area contributed by atoms with Gasteiger partial charge in [0, 0.05) is 42.5 Å². The molecule has 2 aliphatic rings. The lowest BCUT2D eigenvalue weighted by Crippen LogP contribution is -2.40. The van der Waals surface area contributed by atoms with E-state index >= 15 is 0 Å². The van der Waals surface area contributed by atoms with Crippen LogP contribution in [-0.4, -0.2) is 49.2 Å². The molecule has 0 amide bonds. The first kappa shape index (κ1) is 33.5. The van der Waals surface area contributed by atoms with E-state index < -0.39 is 23.5 Å². The summed E-state index contributed by atoms with van der Waals surface area (Å²) < 4.78 is 11.6. The van der Waals surface area contributed by atoms with E-state index in [2.05, 4.69) is 67.1 Å². The monoisotopic (exact) mass is 609 g/mol. The van der Waals surface area contributed by atoms with Crippen molar-refractivity contribution >= 4 is 17.6 Å². The van der Waals surface area contributed by atoms with Crippen molar-refractivity contribution in [3.63, 3.8) is 0 Å². The molecule has 0 spiro atoms. The predicted molar refractivity (Wildman–Crippen MR) is 181 cm³/mol. The maximum absolute atomic E-state index is 14.2. The standard InChI is InChI=1S/C38H47N3O4/c1-7-10-15-28(8-2)32(29-16-12-11-13-17-29)20-22-41-23-21-38(9-3,25-41)45-37(43)34-27(5)40-26(4)33(36(42)44-6)35(34)30-18-14-19-31(39)24-30/h7-8,10-19,24,32,35,40H,1,9,20-23,25,39H2,2-6H3/b15-10-,28-8+. The number of nitrogens with one attached hydrogen (secondary N) is 1. The highest BCUT2D eigenvalue weighted by Gasteiger charge is 2.44. The third-order valence-corrected chi connectivity index (χ3v) is 9.07. The second-order valence-corrected chi connectivity index (χ2v) is 11.9. The number of methoxy groups -OCH3 is 1. The van der Waals surface area contributed by atoms with Crippen molar-refractivity contribution in [3.8, 4) is 0 Å². The van der Waals surface area contributed by atoms with Crippen LogP contribution in [0.5, 0.6) is 0 Å². The number of carbonyl (C=O) groups excluding carboxylic acids is 2. The molecule has 3 unspecified atom stereocenters. The third-order valence-electron chi connectivity index (χ3n) is 9.07. The first-order valence-electron chi connectivity index (χ1n) is 15.7. The molecule has 7 nitrogen and oxygen atoms in total. The zero-order chi connectivity index (χ0) is 32.6. The maximum Gasteiger partial charge on any atom is 0.337 e. The van der Waals surface area contributed by atoms with E-state index in [1.807, 2.05) is 38.1 Å². The summed E-state index contributed by atoms with van der Waals surface area (Å²) in [4.78, 5) is 29.6. The number of ether oxygens (including phenoxy) is 2. The van der Waals surface area contributed by atoms with Crippen LogP contribution in [0.2, 0.25) is 0 Å². The van der Waals surface area contributed by atoms with Crippen molar-refractivity contribution < 1.29 is 19.1 Å². The van der Waals surface area contributed by atoms with Gasteiger partial charge in [-0.05, 0) is 69.0 Å². The highest BCUT2D eigenvalue weighted by Crippen LogP contribution is 2.41. The molecule has 45 heavy (non-hydrogen) atoms. The maximum atomic E-state index is 14.2. The van der Waals surface area contributed by atoms with Gasteiger partial charge in [0.2, 0.25) is 0 Å². The predicted octanol–water partition coefficient (Wildman–Crippen LogP) is 6.94. The fourth-order valence-corrected chi connectivity index (χ4v) is 6.65. The van der Waals surface area contributed by atoms with Crippen LogP contribution >= 0.6 is 0 Å². The molecule has 2 aliphatic heterocycles. The number of carbonyl (C=O) groups is 2. The van der Waals surface area contributed by atoms with Crippen molar-refractivity contribution in [2.75, 3.05) is 32.5 Å². The fraction of sp³-hybridized carbons (Fsp3) is 0.368. The minimum atomic E-state index is -0.671. The lowest BCUT2D eigenvalue weighted by molar-refractivity contribution is -0.154. The van der Waals surface area contributed by atoms with E-state index in [4.69, 9.17) is 15.2 Å². The molecule has 7 heteroatoms. The van der Waals surface area contributed by atoms with Crippen molar-refractivity contribution in [1.82, 2.24) is 10.2 Å². The molecule has 3 N–H and O–H groups in total. The molecule has 0 aromatic heterocycles. The molecule has 0 radical (unpaired) electrons. The van der Waals surface area contributed by atoms with Crippen LogP contribution in [-0.2, 0) is 19.1 Å². The summed E-state index contributed by atoms with van der Waals surface area (Å²) in [6, 6.07) is 17.9. The first-order valence-corrected chi connectivity index (χ1v) is 15.7. The summed E-state index contributed by atoms with van der Waals surface area (Å²) in [5.41, 5.74) is 11.4. The lowest BCUT2D eigenvalue weighted by atomic mass is 9.80. The smallest absolute Gasteiger partial charge is 0.337 e. The number of nitrogen functional groups attached to an aromatic ring is 1. The number of hydrogen-bond donors (Lipinski definition) is 2. The van der Waals surface area contributed by atoms with E-state index in [-0.39, 0.29) is 5.92 Å². The second kappa shape index (κ2) is 15.1. The zero-order valence-corrected chi connectivity index (χ0v) is 27.3. The summed E-state index contributed by atoms with van der Waals surface area (Å²) in [5, 5.41) is 3.23. The summed E-state index contributed by atoms with van der Waals surface area (Å²) in [7, 11) is 1.35. The molecule has 2 aromatic rings. The summed E-state index contributed by atoms with van der Waals surface area (Å²) in [6.45, 7) is 14.0. The van der Waals surface area contributed by atoms with E-state index in [0.717, 1.165) is 31.5 Å². The van der Waals surface area contributed by atoms with Gasteiger partial charge in [-0.2, -0.15) is 0 Å². The normalized spacial score (nSPS) is 21.5. The molecule has 1 fully saturated rings. The molecular weight excluding hydrogens is 562 g/mol. The van der Waals surface area contributed by atoms with Gasteiger partial charge in [-0.1, -0.05) is 80.3 Å². The highest BCUT2D eigenvalue weighted by molar-refractivity contribution is 6.00. The number of likely N-dealkylation sites (tertiary alicyclic amines) is 1. The number of nitrogens with two attached hydrogens (primary N) is 1. The number of benzene rings is 2. The Labute approximate surface area is 268 Å². The van der Waals surface area contributed by atoms with Crippen LogP contribution in [0.4, 0.5) is 5.69 Å². The summed E-state index contributed by atoms with van der Waals surface area (Å²) >= 11 is 0. The van der Waals surface area contributed by atoms with Crippen LogP contribution in [0.3, 0.4) is 0 Å². The topological polar surface area (TPSA) is 93.9 Å². The molecule has 0 bridgehead atoms. The van der Waals surface area contributed by atoms with E-state index in [1.54, 1.807) is 18.2 Å². The quantitative estimate of drug-likeness (QED) is 0.153. The molecule has 3 atom stereocenters. The van der Waals surface area contributed by atoms with Gasteiger partial charge in [-0.25, -0.2) is 9.59 Å². The van der Waals surface area contributed by atoms with Crippen molar-refractivity contribution in [3.05, 3.63) is 125 Å². The number of dihydropyridines is 1. The first-order chi connectivity index (χ1) is 21.7. The van der Waals surface area contributed by atoms with Crippen LogP contribution in [0.1, 0.15) is 69.9 Å². The molecule has 1 saturated heterocycles. The SMILES string of the molecule is C=C/C=C\C(=C/C)C(CCN1CCC(CC)(OC(=O)C2=C(C)NC(C)=C(C(=O)OC)C2c2cccc(N)c2)C1)c1ccccc1. The number of esters is 2. The van der Waals surface area contributed by atoms with E-state index in [9.17, 15) is 9.59 Å². The van der Waals surface area contributed by atoms with Gasteiger partial charge in [-0.3, -0.25) is 4.90 Å². The van der Waals surface area contributed by atoms with Gasteiger partial charge >= 0.3 is 11.9 Å². The minimum Gasteiger partial charge on any atom is -0.466 e. The lowest BCUT2D eigenvalue weighted by Gasteiger charge is -2.34. The van der Waals surface area contributed by atoms with Gasteiger partial charge in [-0.15, -0.1) is 0 Å². The van der Waals surface area contributed by atoms with E-state index in [1.165, 1.54) is 18.2 Å². The van der Waals surface area contributed by atoms with Gasteiger partial charge in [0.05, 0.1) is 24.2 Å². The number of nitrogens with zero attached hydrogens (tertiary/aromatic N) is 1. The molecule has 0 saturated carbocycles. The zero-order valence-electron chi connectivity index (χ0n) is 27.3. The van der Waals surface area contributed by atoms with Gasteiger partial charge in [0.15, 0.2) is 0 Å². The number of rotatable bonds is 12. The molecule has 2 heterocycles. The van der Waals surface area contributed by atoms with Gasteiger partial charge in [0.1, 0.15) is 5.60 Å². The van der Waals surface area contributed by atoms with Crippen LogP contribution in [0, 0.1) is 0 Å². The van der Waals surface area contributed by atoms with Crippen LogP contribution in [0.25, 0.3) is 0 Å². The average Bonchev–Trinajstić information content (AvgIpc) is 3.45. The molecule has 238 valence electrons. The molecule has 2 aromatic carbocycles. The third kappa shape index (κ3) is 7.66.